The minimum atomic E-state index is 0.0221. The van der Waals surface area contributed by atoms with Crippen molar-refractivity contribution >= 4 is 17.5 Å². The average molecular weight is 371 g/mol. The summed E-state index contributed by atoms with van der Waals surface area (Å²) < 4.78 is 5.53. The third-order valence-corrected chi connectivity index (χ3v) is 5.38. The first kappa shape index (κ1) is 17.9. The summed E-state index contributed by atoms with van der Waals surface area (Å²) in [5, 5.41) is 12.2. The summed E-state index contributed by atoms with van der Waals surface area (Å²) in [7, 11) is 1.79. The maximum Gasteiger partial charge on any atom is 0.227 e. The number of ketones is 1. The van der Waals surface area contributed by atoms with Gasteiger partial charge in [-0.15, -0.1) is 0 Å². The summed E-state index contributed by atoms with van der Waals surface area (Å²) in [5.41, 5.74) is 1.41. The Morgan fingerprint density at radius 2 is 2.07 bits per heavy atom. The molecule has 1 saturated heterocycles. The summed E-state index contributed by atoms with van der Waals surface area (Å²) in [6.45, 7) is 4.21. The maximum atomic E-state index is 12.8. The number of hydrogen-bond donors (Lipinski definition) is 2. The van der Waals surface area contributed by atoms with Gasteiger partial charge in [0.05, 0.1) is 24.1 Å². The molecule has 8 heteroatoms. The molecular weight excluding hydrogens is 346 g/mol. The number of fused-ring (bicyclic) bond motifs is 1. The molecule has 1 aliphatic heterocycles. The summed E-state index contributed by atoms with van der Waals surface area (Å²) >= 11 is 0. The fourth-order valence-electron chi connectivity index (χ4n) is 3.93. The van der Waals surface area contributed by atoms with Crippen molar-refractivity contribution in [1.82, 2.24) is 14.9 Å². The second-order valence-corrected chi connectivity index (χ2v) is 7.04. The molecule has 0 radical (unpaired) electrons. The highest BCUT2D eigenvalue weighted by Gasteiger charge is 2.33. The third kappa shape index (κ3) is 3.54. The number of nitrogens with zero attached hydrogens (tertiary/aromatic N) is 4. The molecule has 2 N–H and O–H groups in total. The van der Waals surface area contributed by atoms with Gasteiger partial charge in [0.15, 0.2) is 5.78 Å². The Labute approximate surface area is 158 Å². The van der Waals surface area contributed by atoms with Crippen molar-refractivity contribution in [2.75, 3.05) is 56.6 Å². The number of nitrogens with one attached hydrogen (secondary N) is 1. The Bertz CT molecular complexity index is 800. The van der Waals surface area contributed by atoms with Crippen molar-refractivity contribution in [2.24, 2.45) is 0 Å². The normalized spacial score (nSPS) is 20.6. The van der Waals surface area contributed by atoms with Crippen molar-refractivity contribution in [3.8, 4) is 0 Å². The summed E-state index contributed by atoms with van der Waals surface area (Å²) in [6, 6.07) is 3.77. The van der Waals surface area contributed by atoms with Crippen molar-refractivity contribution < 1.29 is 14.3 Å². The number of Topliss-reactive ketones (excluding diaryl/α,β-unsaturated/α-hetero) is 1. The number of rotatable bonds is 5. The van der Waals surface area contributed by atoms with E-state index in [-0.39, 0.29) is 18.3 Å². The molecule has 0 bridgehead atoms. The first-order valence-corrected chi connectivity index (χ1v) is 9.43. The molecule has 2 aromatic rings. The zero-order chi connectivity index (χ0) is 18.8. The molecule has 0 amide bonds. The first-order chi connectivity index (χ1) is 13.2. The van der Waals surface area contributed by atoms with Gasteiger partial charge in [0.1, 0.15) is 11.6 Å². The molecule has 0 saturated carbocycles. The number of aliphatic hydroxyl groups excluding tert-OH is 1. The number of furan rings is 1. The lowest BCUT2D eigenvalue weighted by atomic mass is 9.84. The fraction of sp³-hybridized carbons (Fsp3) is 0.526. The molecule has 1 atom stereocenters. The number of piperazine rings is 1. The van der Waals surface area contributed by atoms with E-state index in [0.717, 1.165) is 37.6 Å². The highest BCUT2D eigenvalue weighted by molar-refractivity contribution is 6.03. The zero-order valence-electron chi connectivity index (χ0n) is 15.5. The molecule has 8 nitrogen and oxygen atoms in total. The molecule has 2 aliphatic rings. The standard InChI is InChI=1S/C19H25N5O3/c1-20-18-17-14(11-13(12-15(17)26)16-3-2-10-27-16)21-19(22-18)24-6-4-23(5-7-24)8-9-25/h2-3,10,13,25H,4-9,11-12H2,1H3,(H,20,21,22). The minimum Gasteiger partial charge on any atom is -0.469 e. The van der Waals surface area contributed by atoms with Crippen LogP contribution in [0, 0.1) is 0 Å². The molecule has 27 heavy (non-hydrogen) atoms. The van der Waals surface area contributed by atoms with Gasteiger partial charge in [0.2, 0.25) is 5.95 Å². The maximum absolute atomic E-state index is 12.8. The quantitative estimate of drug-likeness (QED) is 0.808. The van der Waals surface area contributed by atoms with Crippen LogP contribution < -0.4 is 10.2 Å². The van der Waals surface area contributed by atoms with Gasteiger partial charge in [-0.05, 0) is 12.1 Å². The predicted octanol–water partition coefficient (Wildman–Crippen LogP) is 1.14. The van der Waals surface area contributed by atoms with Gasteiger partial charge in [-0.1, -0.05) is 0 Å². The van der Waals surface area contributed by atoms with Crippen LogP contribution >= 0.6 is 0 Å². The van der Waals surface area contributed by atoms with Crippen LogP contribution in [-0.2, 0) is 6.42 Å². The van der Waals surface area contributed by atoms with Crippen LogP contribution in [0.15, 0.2) is 22.8 Å². The summed E-state index contributed by atoms with van der Waals surface area (Å²) in [5.74, 6) is 2.18. The molecule has 1 fully saturated rings. The molecule has 0 aromatic carbocycles. The van der Waals surface area contributed by atoms with Crippen LogP contribution in [-0.4, -0.2) is 72.1 Å². The van der Waals surface area contributed by atoms with E-state index in [1.54, 1.807) is 13.3 Å². The summed E-state index contributed by atoms with van der Waals surface area (Å²) in [4.78, 5) is 26.5. The largest absolute Gasteiger partial charge is 0.469 e. The van der Waals surface area contributed by atoms with Crippen LogP contribution in [0.1, 0.15) is 34.2 Å². The molecule has 2 aromatic heterocycles. The van der Waals surface area contributed by atoms with Gasteiger partial charge in [-0.25, -0.2) is 4.98 Å². The highest BCUT2D eigenvalue weighted by atomic mass is 16.3. The number of β-amino-alcohol motifs (C(OH)–C–C–N with tert-alkyl or cyclic N) is 1. The lowest BCUT2D eigenvalue weighted by Crippen LogP contribution is -2.48. The lowest BCUT2D eigenvalue weighted by molar-refractivity contribution is 0.0959. The van der Waals surface area contributed by atoms with Crippen LogP contribution in [0.5, 0.6) is 0 Å². The fourth-order valence-corrected chi connectivity index (χ4v) is 3.93. The number of anilines is 2. The van der Waals surface area contributed by atoms with E-state index in [2.05, 4.69) is 20.1 Å². The smallest absolute Gasteiger partial charge is 0.227 e. The molecule has 4 rings (SSSR count). The van der Waals surface area contributed by atoms with Gasteiger partial charge in [-0.3, -0.25) is 9.69 Å². The number of carbonyl (C=O) groups excluding carboxylic acids is 1. The Kier molecular flexibility index (Phi) is 5.09. The second-order valence-electron chi connectivity index (χ2n) is 7.04. The molecule has 1 aliphatic carbocycles. The number of hydrogen-bond acceptors (Lipinski definition) is 8. The summed E-state index contributed by atoms with van der Waals surface area (Å²) in [6.07, 6.45) is 2.73. The van der Waals surface area contributed by atoms with Crippen LogP contribution in [0.4, 0.5) is 11.8 Å². The van der Waals surface area contributed by atoms with Crippen LogP contribution in [0.2, 0.25) is 0 Å². The van der Waals surface area contributed by atoms with E-state index in [1.807, 2.05) is 12.1 Å². The van der Waals surface area contributed by atoms with E-state index in [1.165, 1.54) is 0 Å². The SMILES string of the molecule is CNc1nc(N2CCN(CCO)CC2)nc2c1C(=O)CC(c1ccco1)C2. The third-order valence-electron chi connectivity index (χ3n) is 5.38. The van der Waals surface area contributed by atoms with Gasteiger partial charge in [0.25, 0.3) is 0 Å². The monoisotopic (exact) mass is 371 g/mol. The molecular formula is C19H25N5O3. The number of carbonyl (C=O) groups is 1. The Morgan fingerprint density at radius 1 is 1.26 bits per heavy atom. The predicted molar refractivity (Wildman–Crippen MR) is 101 cm³/mol. The first-order valence-electron chi connectivity index (χ1n) is 9.43. The molecule has 144 valence electrons. The lowest BCUT2D eigenvalue weighted by Gasteiger charge is -2.35. The molecule has 3 heterocycles. The van der Waals surface area contributed by atoms with E-state index >= 15 is 0 Å². The average Bonchev–Trinajstić information content (AvgIpc) is 3.22. The number of aliphatic hydroxyl groups is 1. The van der Waals surface area contributed by atoms with Crippen molar-refractivity contribution in [3.63, 3.8) is 0 Å². The van der Waals surface area contributed by atoms with Crippen LogP contribution in [0.25, 0.3) is 0 Å². The van der Waals surface area contributed by atoms with E-state index in [9.17, 15) is 4.79 Å². The van der Waals surface area contributed by atoms with Crippen molar-refractivity contribution in [2.45, 2.75) is 18.8 Å². The van der Waals surface area contributed by atoms with E-state index in [0.29, 0.717) is 36.7 Å². The molecule has 0 spiro atoms. The van der Waals surface area contributed by atoms with Gasteiger partial charge >= 0.3 is 0 Å². The minimum absolute atomic E-state index is 0.0221. The van der Waals surface area contributed by atoms with Crippen LogP contribution in [0.3, 0.4) is 0 Å². The molecule has 1 unspecified atom stereocenters. The number of aromatic nitrogens is 2. The van der Waals surface area contributed by atoms with Crippen molar-refractivity contribution in [1.29, 1.82) is 0 Å². The zero-order valence-corrected chi connectivity index (χ0v) is 15.5. The van der Waals surface area contributed by atoms with Gasteiger partial charge in [0, 0.05) is 58.5 Å². The van der Waals surface area contributed by atoms with Gasteiger partial charge in [-0.2, -0.15) is 4.98 Å². The van der Waals surface area contributed by atoms with E-state index in [4.69, 9.17) is 14.5 Å². The Balaban J connectivity index is 1.61. The van der Waals surface area contributed by atoms with E-state index < -0.39 is 0 Å². The topological polar surface area (TPSA) is 94.7 Å². The highest BCUT2D eigenvalue weighted by Crippen LogP contribution is 2.35. The Hall–Kier alpha value is -2.45. The van der Waals surface area contributed by atoms with Crippen molar-refractivity contribution in [3.05, 3.63) is 35.4 Å². The van der Waals surface area contributed by atoms with Gasteiger partial charge < -0.3 is 19.7 Å². The Morgan fingerprint density at radius 3 is 2.74 bits per heavy atom. The second kappa shape index (κ2) is 7.66.